The van der Waals surface area contributed by atoms with Gasteiger partial charge in [-0.2, -0.15) is 0 Å². The fraction of sp³-hybridized carbons (Fsp3) is 0.370. The summed E-state index contributed by atoms with van der Waals surface area (Å²) in [5.41, 5.74) is 2.84. The molecule has 0 bridgehead atoms. The van der Waals surface area contributed by atoms with Gasteiger partial charge in [-0.15, -0.1) is 0 Å². The Morgan fingerprint density at radius 3 is 2.69 bits per heavy atom. The average Bonchev–Trinajstić information content (AvgIpc) is 3.48. The highest BCUT2D eigenvalue weighted by molar-refractivity contribution is 6.31. The van der Waals surface area contributed by atoms with Crippen LogP contribution in [0.4, 0.5) is 0 Å². The van der Waals surface area contributed by atoms with E-state index in [1.807, 2.05) is 19.1 Å². The van der Waals surface area contributed by atoms with Gasteiger partial charge in [0.25, 0.3) is 5.91 Å². The summed E-state index contributed by atoms with van der Waals surface area (Å²) in [4.78, 5) is 29.5. The molecule has 2 aromatic carbocycles. The number of nitrogens with one attached hydrogen (secondary N) is 1. The number of benzene rings is 2. The van der Waals surface area contributed by atoms with Crippen molar-refractivity contribution in [3.8, 4) is 11.5 Å². The molecule has 1 aromatic heterocycles. The minimum Gasteiger partial charge on any atom is -0.457 e. The summed E-state index contributed by atoms with van der Waals surface area (Å²) in [6.45, 7) is 3.21. The Morgan fingerprint density at radius 2 is 1.94 bits per heavy atom. The summed E-state index contributed by atoms with van der Waals surface area (Å²) >= 11 is 6.47. The zero-order valence-corrected chi connectivity index (χ0v) is 20.3. The Balaban J connectivity index is 1.34. The molecule has 2 aliphatic rings. The van der Waals surface area contributed by atoms with E-state index in [-0.39, 0.29) is 18.2 Å². The van der Waals surface area contributed by atoms with E-state index in [1.54, 1.807) is 30.5 Å². The summed E-state index contributed by atoms with van der Waals surface area (Å²) in [6, 6.07) is 10.8. The van der Waals surface area contributed by atoms with Gasteiger partial charge in [-0.05, 0) is 67.1 Å². The van der Waals surface area contributed by atoms with Gasteiger partial charge >= 0.3 is 0 Å². The SMILES string of the molecule is Cc1cc2nccc(Oc3ccc(CC(=O)CC4CC4)c(Cl)c3)c2cc1C(=O)NCC1OCCO1. The summed E-state index contributed by atoms with van der Waals surface area (Å²) in [5, 5.41) is 4.07. The number of halogens is 1. The number of hydrogen-bond acceptors (Lipinski definition) is 6. The summed E-state index contributed by atoms with van der Waals surface area (Å²) in [7, 11) is 0. The molecule has 1 aliphatic heterocycles. The third kappa shape index (κ3) is 5.81. The molecule has 7 nitrogen and oxygen atoms in total. The lowest BCUT2D eigenvalue weighted by Crippen LogP contribution is -2.33. The van der Waals surface area contributed by atoms with Gasteiger partial charge in [-0.25, -0.2) is 0 Å². The first-order chi connectivity index (χ1) is 17.0. The normalized spacial score (nSPS) is 15.9. The third-order valence-corrected chi connectivity index (χ3v) is 6.62. The van der Waals surface area contributed by atoms with Crippen LogP contribution in [0.5, 0.6) is 11.5 Å². The summed E-state index contributed by atoms with van der Waals surface area (Å²) in [6.07, 6.45) is 4.52. The van der Waals surface area contributed by atoms with E-state index in [1.165, 1.54) is 0 Å². The van der Waals surface area contributed by atoms with Crippen LogP contribution in [0.2, 0.25) is 5.02 Å². The van der Waals surface area contributed by atoms with Crippen molar-refractivity contribution in [3.63, 3.8) is 0 Å². The van der Waals surface area contributed by atoms with Crippen LogP contribution in [0.25, 0.3) is 10.9 Å². The lowest BCUT2D eigenvalue weighted by Gasteiger charge is -2.14. The second kappa shape index (κ2) is 10.3. The van der Waals surface area contributed by atoms with Gasteiger partial charge in [0, 0.05) is 35.0 Å². The highest BCUT2D eigenvalue weighted by atomic mass is 35.5. The van der Waals surface area contributed by atoms with Crippen LogP contribution < -0.4 is 10.1 Å². The Kier molecular flexibility index (Phi) is 7.00. The second-order valence-corrected chi connectivity index (χ2v) is 9.50. The first kappa shape index (κ1) is 23.7. The maximum Gasteiger partial charge on any atom is 0.251 e. The van der Waals surface area contributed by atoms with Crippen molar-refractivity contribution >= 4 is 34.2 Å². The number of Topliss-reactive ketones (excluding diaryl/α,β-unsaturated/α-hetero) is 1. The van der Waals surface area contributed by atoms with Crippen molar-refractivity contribution in [1.29, 1.82) is 0 Å². The minimum absolute atomic E-state index is 0.218. The van der Waals surface area contributed by atoms with Crippen LogP contribution in [-0.2, 0) is 20.7 Å². The van der Waals surface area contributed by atoms with Crippen molar-refractivity contribution in [1.82, 2.24) is 10.3 Å². The highest BCUT2D eigenvalue weighted by Gasteiger charge is 2.24. The van der Waals surface area contributed by atoms with E-state index < -0.39 is 6.29 Å². The van der Waals surface area contributed by atoms with Gasteiger partial charge in [0.15, 0.2) is 6.29 Å². The van der Waals surface area contributed by atoms with Crippen LogP contribution >= 0.6 is 11.6 Å². The van der Waals surface area contributed by atoms with Crippen molar-refractivity contribution < 1.29 is 23.8 Å². The van der Waals surface area contributed by atoms with E-state index in [9.17, 15) is 9.59 Å². The topological polar surface area (TPSA) is 86.8 Å². The quantitative estimate of drug-likeness (QED) is 0.450. The molecule has 0 radical (unpaired) electrons. The predicted octanol–water partition coefficient (Wildman–Crippen LogP) is 5.00. The van der Waals surface area contributed by atoms with Gasteiger partial charge in [-0.1, -0.05) is 17.7 Å². The van der Waals surface area contributed by atoms with Crippen LogP contribution in [0, 0.1) is 12.8 Å². The fourth-order valence-electron chi connectivity index (χ4n) is 4.19. The van der Waals surface area contributed by atoms with Gasteiger partial charge in [0.1, 0.15) is 17.3 Å². The summed E-state index contributed by atoms with van der Waals surface area (Å²) in [5.74, 6) is 1.66. The number of aromatic nitrogens is 1. The number of fused-ring (bicyclic) bond motifs is 1. The number of carbonyl (C=O) groups excluding carboxylic acids is 2. The van der Waals surface area contributed by atoms with E-state index in [4.69, 9.17) is 25.8 Å². The molecule has 1 saturated heterocycles. The third-order valence-electron chi connectivity index (χ3n) is 6.27. The Bertz CT molecular complexity index is 1270. The van der Waals surface area contributed by atoms with E-state index in [0.717, 1.165) is 24.0 Å². The van der Waals surface area contributed by atoms with Crippen molar-refractivity contribution in [2.45, 2.75) is 38.9 Å². The molecule has 3 aromatic rings. The van der Waals surface area contributed by atoms with Crippen molar-refractivity contribution in [2.75, 3.05) is 19.8 Å². The second-order valence-electron chi connectivity index (χ2n) is 9.09. The van der Waals surface area contributed by atoms with E-state index in [0.29, 0.717) is 65.0 Å². The molecule has 1 amide bonds. The number of hydrogen-bond donors (Lipinski definition) is 1. The van der Waals surface area contributed by atoms with Crippen LogP contribution in [0.3, 0.4) is 0 Å². The lowest BCUT2D eigenvalue weighted by atomic mass is 10.0. The molecule has 5 rings (SSSR count). The fourth-order valence-corrected chi connectivity index (χ4v) is 4.43. The Labute approximate surface area is 208 Å². The van der Waals surface area contributed by atoms with E-state index in [2.05, 4.69) is 10.3 Å². The van der Waals surface area contributed by atoms with Crippen LogP contribution in [0.1, 0.15) is 40.7 Å². The number of ketones is 1. The molecule has 35 heavy (non-hydrogen) atoms. The van der Waals surface area contributed by atoms with Crippen LogP contribution in [0.15, 0.2) is 42.6 Å². The molecular formula is C27H27ClN2O5. The smallest absolute Gasteiger partial charge is 0.251 e. The average molecular weight is 495 g/mol. The molecule has 2 heterocycles. The standard InChI is InChI=1S/C27H27ClN2O5/c1-16-10-24-22(14-21(16)27(32)30-15-26-33-8-9-34-26)25(6-7-29-24)35-20-5-4-18(23(28)13-20)12-19(31)11-17-2-3-17/h4-7,10,13-14,17,26H,2-3,8-9,11-12,15H2,1H3,(H,30,32). The molecule has 1 aliphatic carbocycles. The number of rotatable bonds is 9. The highest BCUT2D eigenvalue weighted by Crippen LogP contribution is 2.35. The number of aryl methyl sites for hydroxylation is 1. The van der Waals surface area contributed by atoms with Crippen LogP contribution in [-0.4, -0.2) is 42.7 Å². The molecule has 0 unspecified atom stereocenters. The number of pyridine rings is 1. The molecule has 0 spiro atoms. The molecule has 182 valence electrons. The molecule has 1 N–H and O–H groups in total. The zero-order valence-electron chi connectivity index (χ0n) is 19.5. The maximum absolute atomic E-state index is 12.8. The largest absolute Gasteiger partial charge is 0.457 e. The molecule has 8 heteroatoms. The Hall–Kier alpha value is -3.00. The first-order valence-electron chi connectivity index (χ1n) is 11.8. The molecule has 2 fully saturated rings. The lowest BCUT2D eigenvalue weighted by molar-refractivity contribution is -0.118. The molecule has 0 atom stereocenters. The zero-order chi connectivity index (χ0) is 24.4. The summed E-state index contributed by atoms with van der Waals surface area (Å²) < 4.78 is 16.9. The van der Waals surface area contributed by atoms with Gasteiger partial charge in [-0.3, -0.25) is 14.6 Å². The van der Waals surface area contributed by atoms with Crippen molar-refractivity contribution in [2.24, 2.45) is 5.92 Å². The molecular weight excluding hydrogens is 468 g/mol. The maximum atomic E-state index is 12.8. The van der Waals surface area contributed by atoms with E-state index >= 15 is 0 Å². The predicted molar refractivity (Wildman–Crippen MR) is 132 cm³/mol. The number of ether oxygens (including phenoxy) is 3. The number of nitrogens with zero attached hydrogens (tertiary/aromatic N) is 1. The number of carbonyl (C=O) groups is 2. The van der Waals surface area contributed by atoms with Crippen molar-refractivity contribution in [3.05, 3.63) is 64.3 Å². The number of amides is 1. The van der Waals surface area contributed by atoms with Gasteiger partial charge in [0.05, 0.1) is 25.3 Å². The Morgan fingerprint density at radius 1 is 1.14 bits per heavy atom. The van der Waals surface area contributed by atoms with Gasteiger partial charge < -0.3 is 19.5 Å². The van der Waals surface area contributed by atoms with Gasteiger partial charge in [0.2, 0.25) is 0 Å². The molecule has 1 saturated carbocycles. The minimum atomic E-state index is -0.419. The monoisotopic (exact) mass is 494 g/mol. The first-order valence-corrected chi connectivity index (χ1v) is 12.2.